The molecular weight excluding hydrogens is 492 g/mol. The van der Waals surface area contributed by atoms with Crippen molar-refractivity contribution >= 4 is 5.97 Å². The Kier molecular flexibility index (Phi) is 18.0. The summed E-state index contributed by atoms with van der Waals surface area (Å²) in [5, 5.41) is 31.1. The van der Waals surface area contributed by atoms with Crippen molar-refractivity contribution in [2.24, 2.45) is 0 Å². The van der Waals surface area contributed by atoms with Crippen LogP contribution in [0.2, 0.25) is 0 Å². The lowest BCUT2D eigenvalue weighted by molar-refractivity contribution is -0.139. The zero-order chi connectivity index (χ0) is 28.3. The molecule has 0 aliphatic carbocycles. The summed E-state index contributed by atoms with van der Waals surface area (Å²) in [6, 6.07) is 0. The lowest BCUT2D eigenvalue weighted by Gasteiger charge is -2.20. The van der Waals surface area contributed by atoms with Crippen LogP contribution in [0.15, 0.2) is 23.8 Å². The molecule has 0 aromatic carbocycles. The Hall–Kier alpha value is -1.21. The number of unbranched alkanes of at least 4 members (excludes halogenated alkanes) is 12. The molecule has 0 aromatic rings. The number of ether oxygens (including phenoxy) is 2. The zero-order valence-corrected chi connectivity index (χ0v) is 24.9. The highest BCUT2D eigenvalue weighted by atomic mass is 16.5. The fraction of sp³-hybridized carbons (Fsp3) is 0.848. The van der Waals surface area contributed by atoms with Gasteiger partial charge >= 0.3 is 5.97 Å². The molecule has 0 radical (unpaired) electrons. The van der Waals surface area contributed by atoms with Gasteiger partial charge in [0.1, 0.15) is 6.10 Å². The first-order valence-electron chi connectivity index (χ1n) is 16.2. The molecule has 0 spiro atoms. The van der Waals surface area contributed by atoms with E-state index >= 15 is 0 Å². The van der Waals surface area contributed by atoms with E-state index in [4.69, 9.17) is 9.47 Å². The maximum absolute atomic E-state index is 11.7. The standard InChI is InChI=1S/C33H58O6/c1-3-4-5-6-7-8-9-10-11-12-13-15-19-29(35)25-31(36)32-22-21-30(39-32)20-17-14-16-18-28(34)24-27-23-26(2)38-33(27)37/h15,19,23,26,28-32,34-36H,3-14,16-18,20-22,24-25H2,1-2H3/b19-15-/t26-,28+,29+,30?,31-,32-/m0/s1. The van der Waals surface area contributed by atoms with E-state index < -0.39 is 18.3 Å². The van der Waals surface area contributed by atoms with E-state index in [1.54, 1.807) is 6.08 Å². The highest BCUT2D eigenvalue weighted by molar-refractivity contribution is 5.90. The van der Waals surface area contributed by atoms with E-state index in [1.807, 2.05) is 13.0 Å². The number of carbonyl (C=O) groups is 1. The lowest BCUT2D eigenvalue weighted by atomic mass is 10.0. The largest absolute Gasteiger partial charge is 0.455 e. The zero-order valence-electron chi connectivity index (χ0n) is 24.9. The summed E-state index contributed by atoms with van der Waals surface area (Å²) in [7, 11) is 0. The monoisotopic (exact) mass is 550 g/mol. The number of cyclic esters (lactones) is 1. The highest BCUT2D eigenvalue weighted by Crippen LogP contribution is 2.28. The molecule has 0 aromatic heterocycles. The number of carbonyl (C=O) groups excluding carboxylic acids is 1. The molecule has 3 N–H and O–H groups in total. The second-order valence-electron chi connectivity index (χ2n) is 11.9. The van der Waals surface area contributed by atoms with Crippen LogP contribution in [0.1, 0.15) is 142 Å². The minimum Gasteiger partial charge on any atom is -0.455 e. The Balaban J connectivity index is 1.44. The van der Waals surface area contributed by atoms with Crippen molar-refractivity contribution in [2.75, 3.05) is 0 Å². The molecule has 39 heavy (non-hydrogen) atoms. The minimum absolute atomic E-state index is 0.165. The predicted molar refractivity (Wildman–Crippen MR) is 157 cm³/mol. The Morgan fingerprint density at radius 3 is 2.26 bits per heavy atom. The van der Waals surface area contributed by atoms with Crippen molar-refractivity contribution < 1.29 is 29.6 Å². The fourth-order valence-corrected chi connectivity index (χ4v) is 5.78. The summed E-state index contributed by atoms with van der Waals surface area (Å²) in [5.74, 6) is -0.301. The van der Waals surface area contributed by atoms with Crippen LogP contribution in [0.25, 0.3) is 0 Å². The lowest BCUT2D eigenvalue weighted by Crippen LogP contribution is -2.29. The number of hydrogen-bond acceptors (Lipinski definition) is 6. The van der Waals surface area contributed by atoms with Gasteiger partial charge in [-0.1, -0.05) is 96.1 Å². The van der Waals surface area contributed by atoms with Crippen molar-refractivity contribution in [1.82, 2.24) is 0 Å². The number of rotatable bonds is 23. The third-order valence-electron chi connectivity index (χ3n) is 8.15. The van der Waals surface area contributed by atoms with Gasteiger partial charge in [0.15, 0.2) is 0 Å². The van der Waals surface area contributed by atoms with Crippen LogP contribution in [0.5, 0.6) is 0 Å². The van der Waals surface area contributed by atoms with Crippen molar-refractivity contribution in [3.63, 3.8) is 0 Å². The van der Waals surface area contributed by atoms with Gasteiger partial charge in [0.2, 0.25) is 0 Å². The molecule has 226 valence electrons. The molecular formula is C33H58O6. The molecule has 1 fully saturated rings. The quantitative estimate of drug-likeness (QED) is 0.0714. The van der Waals surface area contributed by atoms with Crippen molar-refractivity contribution in [3.8, 4) is 0 Å². The van der Waals surface area contributed by atoms with E-state index in [1.165, 1.54) is 64.2 Å². The van der Waals surface area contributed by atoms with Crippen molar-refractivity contribution in [1.29, 1.82) is 0 Å². The SMILES string of the molecule is CCCCCCCCCCCC/C=C\[C@@H](O)C[C@H](O)[C@@H]1CCC(CCCCC[C@@H](O)CC2=C[C@H](C)OC2=O)O1. The molecule has 2 aliphatic rings. The third-order valence-corrected chi connectivity index (χ3v) is 8.15. The van der Waals surface area contributed by atoms with Gasteiger partial charge < -0.3 is 24.8 Å². The number of aliphatic hydroxyl groups excluding tert-OH is 3. The molecule has 6 atom stereocenters. The van der Waals surface area contributed by atoms with Crippen LogP contribution in [0.4, 0.5) is 0 Å². The van der Waals surface area contributed by atoms with Crippen LogP contribution < -0.4 is 0 Å². The molecule has 1 saturated heterocycles. The molecule has 2 heterocycles. The Bertz CT molecular complexity index is 704. The van der Waals surface area contributed by atoms with Gasteiger partial charge in [-0.2, -0.15) is 0 Å². The van der Waals surface area contributed by atoms with Gasteiger partial charge in [0.25, 0.3) is 0 Å². The average molecular weight is 551 g/mol. The smallest absolute Gasteiger partial charge is 0.334 e. The van der Waals surface area contributed by atoms with Crippen LogP contribution in [0, 0.1) is 0 Å². The second-order valence-corrected chi connectivity index (χ2v) is 11.9. The number of esters is 1. The van der Waals surface area contributed by atoms with E-state index in [9.17, 15) is 20.1 Å². The summed E-state index contributed by atoms with van der Waals surface area (Å²) in [5.41, 5.74) is 0.591. The topological polar surface area (TPSA) is 96.2 Å². The van der Waals surface area contributed by atoms with E-state index in [0.29, 0.717) is 24.8 Å². The molecule has 0 bridgehead atoms. The molecule has 6 heteroatoms. The first kappa shape index (κ1) is 34.0. The normalized spacial score (nSPS) is 23.8. The van der Waals surface area contributed by atoms with E-state index in [0.717, 1.165) is 44.9 Å². The second kappa shape index (κ2) is 20.6. The Morgan fingerprint density at radius 1 is 0.923 bits per heavy atom. The Morgan fingerprint density at radius 2 is 1.59 bits per heavy atom. The van der Waals surface area contributed by atoms with E-state index in [-0.39, 0.29) is 24.3 Å². The summed E-state index contributed by atoms with van der Waals surface area (Å²) >= 11 is 0. The summed E-state index contributed by atoms with van der Waals surface area (Å²) in [4.78, 5) is 11.7. The molecule has 2 aliphatic heterocycles. The van der Waals surface area contributed by atoms with Crippen LogP contribution in [0.3, 0.4) is 0 Å². The van der Waals surface area contributed by atoms with Gasteiger partial charge in [-0.15, -0.1) is 0 Å². The van der Waals surface area contributed by atoms with Crippen LogP contribution in [-0.2, 0) is 14.3 Å². The molecule has 1 unspecified atom stereocenters. The number of allylic oxidation sites excluding steroid dienone is 1. The average Bonchev–Trinajstić information content (AvgIpc) is 3.50. The predicted octanol–water partition coefficient (Wildman–Crippen LogP) is 7.09. The molecule has 0 saturated carbocycles. The fourth-order valence-electron chi connectivity index (χ4n) is 5.78. The van der Waals surface area contributed by atoms with Crippen LogP contribution in [-0.4, -0.2) is 57.9 Å². The van der Waals surface area contributed by atoms with Gasteiger partial charge in [0, 0.05) is 18.4 Å². The van der Waals surface area contributed by atoms with Crippen LogP contribution >= 0.6 is 0 Å². The highest BCUT2D eigenvalue weighted by Gasteiger charge is 2.31. The Labute approximate surface area is 238 Å². The number of hydrogen-bond donors (Lipinski definition) is 3. The van der Waals surface area contributed by atoms with Gasteiger partial charge in [0.05, 0.1) is 30.5 Å². The number of aliphatic hydroxyl groups is 3. The van der Waals surface area contributed by atoms with Crippen molar-refractivity contribution in [2.45, 2.75) is 179 Å². The molecule has 6 nitrogen and oxygen atoms in total. The van der Waals surface area contributed by atoms with Crippen molar-refractivity contribution in [3.05, 3.63) is 23.8 Å². The first-order valence-corrected chi connectivity index (χ1v) is 16.2. The third kappa shape index (κ3) is 15.4. The van der Waals surface area contributed by atoms with Gasteiger partial charge in [-0.3, -0.25) is 0 Å². The van der Waals surface area contributed by atoms with Gasteiger partial charge in [-0.05, 0) is 51.5 Å². The summed E-state index contributed by atoms with van der Waals surface area (Å²) < 4.78 is 11.2. The van der Waals surface area contributed by atoms with Gasteiger partial charge in [-0.25, -0.2) is 4.79 Å². The van der Waals surface area contributed by atoms with E-state index in [2.05, 4.69) is 13.0 Å². The minimum atomic E-state index is -0.638. The molecule has 0 amide bonds. The maximum Gasteiger partial charge on any atom is 0.334 e. The molecule has 2 rings (SSSR count). The first-order chi connectivity index (χ1) is 18.9. The summed E-state index contributed by atoms with van der Waals surface area (Å²) in [6.07, 6.45) is 25.0. The summed E-state index contributed by atoms with van der Waals surface area (Å²) in [6.45, 7) is 4.08. The maximum atomic E-state index is 11.7.